The van der Waals surface area contributed by atoms with Crippen LogP contribution in [0.4, 0.5) is 5.69 Å². The minimum absolute atomic E-state index is 0.101. The molecule has 0 aromatic heterocycles. The highest BCUT2D eigenvalue weighted by Crippen LogP contribution is 2.19. The first-order chi connectivity index (χ1) is 14.4. The van der Waals surface area contributed by atoms with E-state index in [-0.39, 0.29) is 18.4 Å². The number of carbonyl (C=O) groups excluding carboxylic acids is 2. The van der Waals surface area contributed by atoms with E-state index in [1.54, 1.807) is 36.2 Å². The maximum atomic E-state index is 12.8. The first-order valence-electron chi connectivity index (χ1n) is 9.82. The molecule has 0 aliphatic heterocycles. The molecule has 3 aromatic carbocycles. The van der Waals surface area contributed by atoms with Crippen LogP contribution in [0.15, 0.2) is 72.8 Å². The van der Waals surface area contributed by atoms with Crippen molar-refractivity contribution in [2.24, 2.45) is 0 Å². The van der Waals surface area contributed by atoms with Crippen molar-refractivity contribution >= 4 is 17.5 Å². The molecule has 30 heavy (non-hydrogen) atoms. The Morgan fingerprint density at radius 1 is 0.933 bits per heavy atom. The lowest BCUT2D eigenvalue weighted by Crippen LogP contribution is -2.26. The average Bonchev–Trinajstić information content (AvgIpc) is 2.74. The Labute approximate surface area is 177 Å². The van der Waals surface area contributed by atoms with Gasteiger partial charge in [-0.05, 0) is 54.8 Å². The standard InChI is InChI=1S/C25H26N2O3/c1-18-12-13-19(2)23(14-18)30-17-24(28)26-22-11-7-10-21(15-22)25(29)27(3)16-20-8-5-4-6-9-20/h4-15H,16-17H2,1-3H3,(H,26,28). The molecule has 3 aromatic rings. The summed E-state index contributed by atoms with van der Waals surface area (Å²) in [6.07, 6.45) is 0. The summed E-state index contributed by atoms with van der Waals surface area (Å²) in [5.41, 5.74) is 4.18. The summed E-state index contributed by atoms with van der Waals surface area (Å²) in [6.45, 7) is 4.33. The molecule has 5 nitrogen and oxygen atoms in total. The van der Waals surface area contributed by atoms with Crippen molar-refractivity contribution in [1.82, 2.24) is 4.90 Å². The Hall–Kier alpha value is -3.60. The fraction of sp³-hybridized carbons (Fsp3) is 0.200. The van der Waals surface area contributed by atoms with Crippen LogP contribution in [0.3, 0.4) is 0 Å². The fourth-order valence-corrected chi connectivity index (χ4v) is 3.08. The molecule has 0 aliphatic rings. The topological polar surface area (TPSA) is 58.6 Å². The molecule has 0 fully saturated rings. The summed E-state index contributed by atoms with van der Waals surface area (Å²) in [7, 11) is 1.76. The van der Waals surface area contributed by atoms with E-state index in [0.717, 1.165) is 16.7 Å². The highest BCUT2D eigenvalue weighted by atomic mass is 16.5. The van der Waals surface area contributed by atoms with E-state index >= 15 is 0 Å². The van der Waals surface area contributed by atoms with Crippen LogP contribution < -0.4 is 10.1 Å². The van der Waals surface area contributed by atoms with Gasteiger partial charge in [-0.3, -0.25) is 9.59 Å². The molecule has 1 N–H and O–H groups in total. The highest BCUT2D eigenvalue weighted by molar-refractivity contribution is 5.97. The van der Waals surface area contributed by atoms with Crippen LogP contribution in [0, 0.1) is 13.8 Å². The van der Waals surface area contributed by atoms with E-state index in [2.05, 4.69) is 5.32 Å². The normalized spacial score (nSPS) is 10.4. The molecule has 0 saturated carbocycles. The lowest BCUT2D eigenvalue weighted by Gasteiger charge is -2.18. The SMILES string of the molecule is Cc1ccc(C)c(OCC(=O)Nc2cccc(C(=O)N(C)Cc3ccccc3)c2)c1. The Balaban J connectivity index is 1.59. The number of ether oxygens (including phenoxy) is 1. The summed E-state index contributed by atoms with van der Waals surface area (Å²) in [5, 5.41) is 2.80. The monoisotopic (exact) mass is 402 g/mol. The van der Waals surface area contributed by atoms with Gasteiger partial charge in [-0.2, -0.15) is 0 Å². The summed E-state index contributed by atoms with van der Waals surface area (Å²) < 4.78 is 5.65. The quantitative estimate of drug-likeness (QED) is 0.629. The zero-order chi connectivity index (χ0) is 21.5. The molecule has 0 atom stereocenters. The third-order valence-electron chi connectivity index (χ3n) is 4.70. The summed E-state index contributed by atoms with van der Waals surface area (Å²) in [5.74, 6) is 0.302. The smallest absolute Gasteiger partial charge is 0.262 e. The fourth-order valence-electron chi connectivity index (χ4n) is 3.08. The molecular weight excluding hydrogens is 376 g/mol. The Bertz CT molecular complexity index is 1030. The van der Waals surface area contributed by atoms with Gasteiger partial charge in [0.15, 0.2) is 6.61 Å². The molecule has 0 aliphatic carbocycles. The van der Waals surface area contributed by atoms with Crippen LogP contribution in [0.25, 0.3) is 0 Å². The van der Waals surface area contributed by atoms with E-state index < -0.39 is 0 Å². The van der Waals surface area contributed by atoms with Gasteiger partial charge in [-0.1, -0.05) is 48.5 Å². The van der Waals surface area contributed by atoms with Crippen molar-refractivity contribution < 1.29 is 14.3 Å². The van der Waals surface area contributed by atoms with Gasteiger partial charge in [0.25, 0.3) is 11.8 Å². The molecule has 0 saturated heterocycles. The predicted octanol–water partition coefficient (Wildman–Crippen LogP) is 4.59. The molecule has 0 unspecified atom stereocenters. The van der Waals surface area contributed by atoms with Gasteiger partial charge in [0.2, 0.25) is 0 Å². The van der Waals surface area contributed by atoms with Gasteiger partial charge in [0.05, 0.1) is 0 Å². The Morgan fingerprint density at radius 3 is 2.47 bits per heavy atom. The van der Waals surface area contributed by atoms with Crippen molar-refractivity contribution in [1.29, 1.82) is 0 Å². The molecule has 5 heteroatoms. The molecule has 0 bridgehead atoms. The lowest BCUT2D eigenvalue weighted by molar-refractivity contribution is -0.118. The largest absolute Gasteiger partial charge is 0.483 e. The van der Waals surface area contributed by atoms with Crippen LogP contribution in [0.1, 0.15) is 27.0 Å². The van der Waals surface area contributed by atoms with Crippen LogP contribution in [0.2, 0.25) is 0 Å². The van der Waals surface area contributed by atoms with Crippen molar-refractivity contribution in [3.63, 3.8) is 0 Å². The number of hydrogen-bond acceptors (Lipinski definition) is 3. The lowest BCUT2D eigenvalue weighted by atomic mass is 10.1. The first-order valence-corrected chi connectivity index (χ1v) is 9.82. The van der Waals surface area contributed by atoms with Crippen molar-refractivity contribution in [2.75, 3.05) is 19.0 Å². The van der Waals surface area contributed by atoms with Gasteiger partial charge < -0.3 is 15.0 Å². The predicted molar refractivity (Wildman–Crippen MR) is 119 cm³/mol. The molecule has 2 amide bonds. The molecular formula is C25H26N2O3. The maximum absolute atomic E-state index is 12.8. The zero-order valence-electron chi connectivity index (χ0n) is 17.5. The van der Waals surface area contributed by atoms with Gasteiger partial charge in [0.1, 0.15) is 5.75 Å². The third kappa shape index (κ3) is 5.70. The Morgan fingerprint density at radius 2 is 1.70 bits per heavy atom. The zero-order valence-corrected chi connectivity index (χ0v) is 17.5. The number of benzene rings is 3. The van der Waals surface area contributed by atoms with Crippen molar-refractivity contribution in [3.8, 4) is 5.75 Å². The summed E-state index contributed by atoms with van der Waals surface area (Å²) in [4.78, 5) is 26.7. The van der Waals surface area contributed by atoms with Crippen LogP contribution in [0.5, 0.6) is 5.75 Å². The summed E-state index contributed by atoms with van der Waals surface area (Å²) in [6, 6.07) is 22.6. The summed E-state index contributed by atoms with van der Waals surface area (Å²) >= 11 is 0. The van der Waals surface area contributed by atoms with E-state index in [4.69, 9.17) is 4.74 Å². The maximum Gasteiger partial charge on any atom is 0.262 e. The number of rotatable bonds is 7. The number of nitrogens with one attached hydrogen (secondary N) is 1. The van der Waals surface area contributed by atoms with Gasteiger partial charge in [-0.15, -0.1) is 0 Å². The van der Waals surface area contributed by atoms with E-state index in [0.29, 0.717) is 23.5 Å². The van der Waals surface area contributed by atoms with Gasteiger partial charge in [-0.25, -0.2) is 0 Å². The van der Waals surface area contributed by atoms with E-state index in [1.165, 1.54) is 0 Å². The molecule has 0 radical (unpaired) electrons. The van der Waals surface area contributed by atoms with E-state index in [1.807, 2.05) is 62.4 Å². The van der Waals surface area contributed by atoms with Crippen LogP contribution >= 0.6 is 0 Å². The minimum atomic E-state index is -0.279. The van der Waals surface area contributed by atoms with Crippen LogP contribution in [-0.2, 0) is 11.3 Å². The Kier molecular flexibility index (Phi) is 6.86. The van der Waals surface area contributed by atoms with Crippen LogP contribution in [-0.4, -0.2) is 30.4 Å². The molecule has 3 rings (SSSR count). The number of aryl methyl sites for hydroxylation is 2. The second-order valence-electron chi connectivity index (χ2n) is 7.33. The second-order valence-corrected chi connectivity index (χ2v) is 7.33. The van der Waals surface area contributed by atoms with E-state index in [9.17, 15) is 9.59 Å². The number of amides is 2. The average molecular weight is 402 g/mol. The van der Waals surface area contributed by atoms with Crippen molar-refractivity contribution in [2.45, 2.75) is 20.4 Å². The molecule has 0 spiro atoms. The van der Waals surface area contributed by atoms with Crippen molar-refractivity contribution in [3.05, 3.63) is 95.1 Å². The highest BCUT2D eigenvalue weighted by Gasteiger charge is 2.13. The number of hydrogen-bond donors (Lipinski definition) is 1. The third-order valence-corrected chi connectivity index (χ3v) is 4.70. The number of anilines is 1. The number of nitrogens with zero attached hydrogens (tertiary/aromatic N) is 1. The molecule has 0 heterocycles. The second kappa shape index (κ2) is 9.74. The molecule has 154 valence electrons. The first kappa shape index (κ1) is 21.1. The van der Waals surface area contributed by atoms with Gasteiger partial charge in [0, 0.05) is 24.8 Å². The minimum Gasteiger partial charge on any atom is -0.483 e. The number of carbonyl (C=O) groups is 2. The van der Waals surface area contributed by atoms with Gasteiger partial charge >= 0.3 is 0 Å².